The van der Waals surface area contributed by atoms with Crippen molar-refractivity contribution in [2.45, 2.75) is 37.2 Å². The lowest BCUT2D eigenvalue weighted by Crippen LogP contribution is -2.53. The van der Waals surface area contributed by atoms with Gasteiger partial charge in [0.15, 0.2) is 5.78 Å². The summed E-state index contributed by atoms with van der Waals surface area (Å²) >= 11 is 2.98. The van der Waals surface area contributed by atoms with E-state index in [2.05, 4.69) is 5.32 Å². The molecule has 3 amide bonds. The van der Waals surface area contributed by atoms with Crippen molar-refractivity contribution >= 4 is 46.6 Å². The summed E-state index contributed by atoms with van der Waals surface area (Å²) in [7, 11) is 0. The van der Waals surface area contributed by atoms with Crippen molar-refractivity contribution in [2.75, 3.05) is 18.8 Å². The molecule has 0 unspecified atom stereocenters. The van der Waals surface area contributed by atoms with Crippen LogP contribution in [0.3, 0.4) is 0 Å². The zero-order valence-corrected chi connectivity index (χ0v) is 22.7. The second kappa shape index (κ2) is 11.5. The Bertz CT molecular complexity index is 1330. The number of carbonyl (C=O) groups is 4. The third kappa shape index (κ3) is 5.39. The Labute approximate surface area is 230 Å². The van der Waals surface area contributed by atoms with Crippen LogP contribution in [-0.4, -0.2) is 70.3 Å². The molecule has 2 saturated heterocycles. The van der Waals surface area contributed by atoms with Gasteiger partial charge in [0.2, 0.25) is 5.91 Å². The molecule has 0 spiro atoms. The van der Waals surface area contributed by atoms with Gasteiger partial charge in [-0.25, -0.2) is 0 Å². The number of likely N-dealkylation sites (tertiary alicyclic amines) is 2. The summed E-state index contributed by atoms with van der Waals surface area (Å²) in [4.78, 5) is 56.4. The number of thioether (sulfide) groups is 1. The number of ketones is 1. The fraction of sp³-hybridized carbons (Fsp3) is 0.310. The van der Waals surface area contributed by atoms with E-state index in [-0.39, 0.29) is 36.1 Å². The molecule has 0 aliphatic carbocycles. The van der Waals surface area contributed by atoms with Crippen LogP contribution in [0.2, 0.25) is 0 Å². The summed E-state index contributed by atoms with van der Waals surface area (Å²) in [5, 5.41) is 6.47. The maximum absolute atomic E-state index is 13.8. The second-order valence-corrected chi connectivity index (χ2v) is 11.4. The van der Waals surface area contributed by atoms with E-state index in [4.69, 9.17) is 0 Å². The van der Waals surface area contributed by atoms with Crippen LogP contribution in [0.4, 0.5) is 0 Å². The van der Waals surface area contributed by atoms with Gasteiger partial charge in [-0.05, 0) is 42.0 Å². The first-order chi connectivity index (χ1) is 18.4. The molecule has 0 saturated carbocycles. The number of aryl methyl sites for hydroxylation is 1. The van der Waals surface area contributed by atoms with Crippen molar-refractivity contribution in [3.63, 3.8) is 0 Å². The van der Waals surface area contributed by atoms with E-state index in [0.717, 1.165) is 11.1 Å². The summed E-state index contributed by atoms with van der Waals surface area (Å²) in [5.74, 6) is 0.164. The SMILES string of the molecule is Cc1ccccc1C(=O)N1CC(=O)[C@@H]2[C@H]1CCN2C(=O)[C@H](CSCc1ccccc1)NC(=O)c1ccsc1. The number of fused-ring (bicyclic) bond motifs is 1. The van der Waals surface area contributed by atoms with Gasteiger partial charge in [0.05, 0.1) is 18.2 Å². The van der Waals surface area contributed by atoms with Gasteiger partial charge in [-0.15, -0.1) is 0 Å². The van der Waals surface area contributed by atoms with Gasteiger partial charge in [-0.2, -0.15) is 23.1 Å². The number of Topliss-reactive ketones (excluding diaryl/α,β-unsaturated/α-hetero) is 1. The summed E-state index contributed by atoms with van der Waals surface area (Å²) in [6.45, 7) is 2.23. The zero-order valence-electron chi connectivity index (χ0n) is 21.0. The lowest BCUT2D eigenvalue weighted by Gasteiger charge is -2.28. The van der Waals surface area contributed by atoms with E-state index in [9.17, 15) is 19.2 Å². The van der Waals surface area contributed by atoms with E-state index < -0.39 is 12.1 Å². The monoisotopic (exact) mass is 547 g/mol. The summed E-state index contributed by atoms with van der Waals surface area (Å²) in [6, 6.07) is 17.2. The van der Waals surface area contributed by atoms with Gasteiger partial charge in [0.25, 0.3) is 11.8 Å². The summed E-state index contributed by atoms with van der Waals surface area (Å²) < 4.78 is 0. The minimum Gasteiger partial charge on any atom is -0.339 e. The highest BCUT2D eigenvalue weighted by Gasteiger charge is 2.52. The van der Waals surface area contributed by atoms with E-state index >= 15 is 0 Å². The third-order valence-corrected chi connectivity index (χ3v) is 8.91. The van der Waals surface area contributed by atoms with Gasteiger partial charge >= 0.3 is 0 Å². The minimum atomic E-state index is -0.788. The van der Waals surface area contributed by atoms with Crippen LogP contribution in [0.25, 0.3) is 0 Å². The number of thiophene rings is 1. The van der Waals surface area contributed by atoms with Crippen LogP contribution in [0.15, 0.2) is 71.4 Å². The van der Waals surface area contributed by atoms with E-state index in [0.29, 0.717) is 35.6 Å². The van der Waals surface area contributed by atoms with Crippen LogP contribution in [-0.2, 0) is 15.3 Å². The molecule has 5 rings (SSSR count). The first kappa shape index (κ1) is 26.2. The predicted octanol–water partition coefficient (Wildman–Crippen LogP) is 3.78. The molecular weight excluding hydrogens is 518 g/mol. The molecule has 3 aromatic rings. The number of amides is 3. The van der Waals surface area contributed by atoms with E-state index in [1.54, 1.807) is 39.1 Å². The molecule has 2 aromatic carbocycles. The van der Waals surface area contributed by atoms with Gasteiger partial charge < -0.3 is 15.1 Å². The lowest BCUT2D eigenvalue weighted by molar-refractivity contribution is -0.137. The number of hydrogen-bond donors (Lipinski definition) is 1. The normalized spacial score (nSPS) is 19.3. The predicted molar refractivity (Wildman–Crippen MR) is 149 cm³/mol. The summed E-state index contributed by atoms with van der Waals surface area (Å²) in [5.41, 5.74) is 3.06. The Morgan fingerprint density at radius 2 is 1.82 bits per heavy atom. The van der Waals surface area contributed by atoms with Gasteiger partial charge in [0.1, 0.15) is 12.1 Å². The largest absolute Gasteiger partial charge is 0.339 e. The Balaban J connectivity index is 1.32. The van der Waals surface area contributed by atoms with Gasteiger partial charge in [-0.3, -0.25) is 19.2 Å². The number of benzene rings is 2. The molecule has 7 nitrogen and oxygen atoms in total. The number of hydrogen-bond acceptors (Lipinski definition) is 6. The average molecular weight is 548 g/mol. The molecule has 1 aromatic heterocycles. The minimum absolute atomic E-state index is 0.0129. The highest BCUT2D eigenvalue weighted by atomic mass is 32.2. The maximum Gasteiger partial charge on any atom is 0.254 e. The molecule has 2 aliphatic rings. The first-order valence-corrected chi connectivity index (χ1v) is 14.7. The van der Waals surface area contributed by atoms with Crippen LogP contribution < -0.4 is 5.32 Å². The van der Waals surface area contributed by atoms with Crippen molar-refractivity contribution in [3.05, 3.63) is 93.7 Å². The molecule has 1 N–H and O–H groups in total. The average Bonchev–Trinajstić information content (AvgIpc) is 3.67. The molecule has 3 atom stereocenters. The van der Waals surface area contributed by atoms with Crippen molar-refractivity contribution in [2.24, 2.45) is 0 Å². The summed E-state index contributed by atoms with van der Waals surface area (Å²) in [6.07, 6.45) is 0.530. The van der Waals surface area contributed by atoms with Crippen molar-refractivity contribution < 1.29 is 19.2 Å². The van der Waals surface area contributed by atoms with Crippen LogP contribution in [0.5, 0.6) is 0 Å². The Hall–Kier alpha value is -3.43. The zero-order chi connectivity index (χ0) is 26.6. The fourth-order valence-electron chi connectivity index (χ4n) is 5.19. The quantitative estimate of drug-likeness (QED) is 0.464. The molecule has 2 aliphatic heterocycles. The molecule has 38 heavy (non-hydrogen) atoms. The third-order valence-electron chi connectivity index (χ3n) is 7.12. The highest BCUT2D eigenvalue weighted by Crippen LogP contribution is 2.32. The van der Waals surface area contributed by atoms with E-state index in [1.165, 1.54) is 11.3 Å². The van der Waals surface area contributed by atoms with Crippen LogP contribution in [0, 0.1) is 6.92 Å². The van der Waals surface area contributed by atoms with Gasteiger partial charge in [-0.1, -0.05) is 48.5 Å². The number of nitrogens with one attached hydrogen (secondary N) is 1. The Kier molecular flexibility index (Phi) is 7.95. The molecular formula is C29H29N3O4S2. The molecule has 3 heterocycles. The fourth-order valence-corrected chi connectivity index (χ4v) is 6.83. The number of nitrogens with zero attached hydrogens (tertiary/aromatic N) is 2. The van der Waals surface area contributed by atoms with Gasteiger partial charge in [0, 0.05) is 29.0 Å². The number of carbonyl (C=O) groups excluding carboxylic acids is 4. The first-order valence-electron chi connectivity index (χ1n) is 12.6. The van der Waals surface area contributed by atoms with Crippen molar-refractivity contribution in [1.29, 1.82) is 0 Å². The highest BCUT2D eigenvalue weighted by molar-refractivity contribution is 7.98. The molecule has 0 radical (unpaired) electrons. The van der Waals surface area contributed by atoms with Crippen molar-refractivity contribution in [1.82, 2.24) is 15.1 Å². The topological polar surface area (TPSA) is 86.8 Å². The Morgan fingerprint density at radius 3 is 2.55 bits per heavy atom. The smallest absolute Gasteiger partial charge is 0.254 e. The second-order valence-electron chi connectivity index (χ2n) is 9.59. The van der Waals surface area contributed by atoms with Crippen LogP contribution in [0.1, 0.15) is 38.3 Å². The molecule has 9 heteroatoms. The number of rotatable bonds is 8. The molecule has 196 valence electrons. The Morgan fingerprint density at radius 1 is 1.05 bits per heavy atom. The maximum atomic E-state index is 13.8. The van der Waals surface area contributed by atoms with Crippen molar-refractivity contribution in [3.8, 4) is 0 Å². The standard InChI is InChI=1S/C29H29N3O4S2/c1-19-7-5-6-10-22(19)28(35)32-15-25(33)26-24(32)11-13-31(26)29(36)23(30-27(34)21-12-14-37-17-21)18-38-16-20-8-3-2-4-9-20/h2-10,12,14,17,23-24,26H,11,13,15-16,18H2,1H3,(H,30,34)/t23-,24+,26-/m0/s1. The van der Waals surface area contributed by atoms with Crippen LogP contribution >= 0.6 is 23.1 Å². The molecule has 2 fully saturated rings. The van der Waals surface area contributed by atoms with E-state index in [1.807, 2.05) is 60.8 Å². The molecule has 0 bridgehead atoms. The lowest BCUT2D eigenvalue weighted by atomic mass is 10.1.